The minimum Gasteiger partial charge on any atom is -0.381 e. The highest BCUT2D eigenvalue weighted by molar-refractivity contribution is 7.80. The summed E-state index contributed by atoms with van der Waals surface area (Å²) in [5.74, 6) is 0.516. The molecule has 2 rings (SSSR count). The fourth-order valence-corrected chi connectivity index (χ4v) is 2.45. The van der Waals surface area contributed by atoms with Gasteiger partial charge in [-0.15, -0.1) is 0 Å². The third-order valence-corrected chi connectivity index (χ3v) is 3.83. The summed E-state index contributed by atoms with van der Waals surface area (Å²) in [4.78, 5) is 5.64. The molecule has 1 N–H and O–H groups in total. The average Bonchev–Trinajstić information content (AvgIpc) is 2.45. The molecule has 0 atom stereocenters. The molecular formula is C16H24N2OS. The number of aromatic nitrogens is 1. The maximum absolute atomic E-state index is 5.50. The lowest BCUT2D eigenvalue weighted by atomic mass is 9.96. The van der Waals surface area contributed by atoms with E-state index in [1.807, 2.05) is 6.07 Å². The van der Waals surface area contributed by atoms with Gasteiger partial charge in [0.15, 0.2) is 0 Å². The average molecular weight is 292 g/mol. The molecule has 0 unspecified atom stereocenters. The SMILES string of the molecule is CC(C)(C)NCC(=S)c1cccc(C2CCOCC2)n1. The molecule has 0 radical (unpaired) electrons. The van der Waals surface area contributed by atoms with Gasteiger partial charge in [0.25, 0.3) is 0 Å². The minimum absolute atomic E-state index is 0.0718. The monoisotopic (exact) mass is 292 g/mol. The fraction of sp³-hybridized carbons (Fsp3) is 0.625. The van der Waals surface area contributed by atoms with Crippen molar-refractivity contribution in [2.45, 2.75) is 45.1 Å². The molecule has 1 fully saturated rings. The van der Waals surface area contributed by atoms with Gasteiger partial charge in [0.05, 0.1) is 10.6 Å². The number of nitrogens with one attached hydrogen (secondary N) is 1. The standard InChI is InChI=1S/C16H24N2OS/c1-16(2,3)17-11-15(20)14-6-4-5-13(18-14)12-7-9-19-10-8-12/h4-6,12,17H,7-11H2,1-3H3. The lowest BCUT2D eigenvalue weighted by Crippen LogP contribution is -2.39. The number of hydrogen-bond acceptors (Lipinski definition) is 4. The van der Waals surface area contributed by atoms with Crippen LogP contribution < -0.4 is 5.32 Å². The van der Waals surface area contributed by atoms with Crippen LogP contribution in [0.5, 0.6) is 0 Å². The zero-order chi connectivity index (χ0) is 14.6. The summed E-state index contributed by atoms with van der Waals surface area (Å²) in [6, 6.07) is 6.19. The Kier molecular flexibility index (Phi) is 5.24. The van der Waals surface area contributed by atoms with E-state index in [0.717, 1.165) is 42.3 Å². The van der Waals surface area contributed by atoms with Crippen LogP contribution in [-0.4, -0.2) is 35.1 Å². The second-order valence-electron chi connectivity index (χ2n) is 6.36. The number of nitrogens with zero attached hydrogens (tertiary/aromatic N) is 1. The van der Waals surface area contributed by atoms with Gasteiger partial charge in [-0.2, -0.15) is 0 Å². The Hall–Kier alpha value is -0.840. The van der Waals surface area contributed by atoms with E-state index in [9.17, 15) is 0 Å². The van der Waals surface area contributed by atoms with Gasteiger partial charge in [-0.05, 0) is 45.7 Å². The Morgan fingerprint density at radius 2 is 2.05 bits per heavy atom. The Morgan fingerprint density at radius 3 is 2.70 bits per heavy atom. The van der Waals surface area contributed by atoms with Crippen molar-refractivity contribution < 1.29 is 4.74 Å². The summed E-state index contributed by atoms with van der Waals surface area (Å²) < 4.78 is 5.41. The van der Waals surface area contributed by atoms with Crippen LogP contribution in [-0.2, 0) is 4.74 Å². The van der Waals surface area contributed by atoms with E-state index in [0.29, 0.717) is 12.5 Å². The summed E-state index contributed by atoms with van der Waals surface area (Å²) in [6.45, 7) is 8.80. The van der Waals surface area contributed by atoms with E-state index in [2.05, 4.69) is 38.2 Å². The van der Waals surface area contributed by atoms with Crippen molar-refractivity contribution in [2.24, 2.45) is 0 Å². The molecule has 0 aromatic carbocycles. The number of ether oxygens (including phenoxy) is 1. The second-order valence-corrected chi connectivity index (χ2v) is 6.85. The van der Waals surface area contributed by atoms with E-state index >= 15 is 0 Å². The molecule has 110 valence electrons. The fourth-order valence-electron chi connectivity index (χ4n) is 2.26. The van der Waals surface area contributed by atoms with E-state index in [1.165, 1.54) is 0 Å². The molecule has 4 heteroatoms. The molecule has 3 nitrogen and oxygen atoms in total. The van der Waals surface area contributed by atoms with Gasteiger partial charge in [-0.25, -0.2) is 0 Å². The Labute approximate surface area is 127 Å². The predicted molar refractivity (Wildman–Crippen MR) is 86.5 cm³/mol. The van der Waals surface area contributed by atoms with E-state index < -0.39 is 0 Å². The van der Waals surface area contributed by atoms with Crippen molar-refractivity contribution in [3.63, 3.8) is 0 Å². The molecule has 1 aromatic rings. The molecule has 0 aliphatic carbocycles. The highest BCUT2D eigenvalue weighted by Gasteiger charge is 2.18. The van der Waals surface area contributed by atoms with Crippen LogP contribution in [0.4, 0.5) is 0 Å². The van der Waals surface area contributed by atoms with Crippen molar-refractivity contribution in [2.75, 3.05) is 19.8 Å². The van der Waals surface area contributed by atoms with E-state index in [-0.39, 0.29) is 5.54 Å². The molecule has 2 heterocycles. The lowest BCUT2D eigenvalue weighted by molar-refractivity contribution is 0.0845. The number of pyridine rings is 1. The molecule has 1 aliphatic rings. The number of rotatable bonds is 4. The zero-order valence-corrected chi connectivity index (χ0v) is 13.4. The molecule has 0 bridgehead atoms. The minimum atomic E-state index is 0.0718. The summed E-state index contributed by atoms with van der Waals surface area (Å²) in [7, 11) is 0. The van der Waals surface area contributed by atoms with Gasteiger partial charge in [0.1, 0.15) is 0 Å². The van der Waals surface area contributed by atoms with Gasteiger partial charge in [0.2, 0.25) is 0 Å². The van der Waals surface area contributed by atoms with Crippen molar-refractivity contribution in [1.29, 1.82) is 0 Å². The Morgan fingerprint density at radius 1 is 1.35 bits per heavy atom. The third kappa shape index (κ3) is 4.62. The lowest BCUT2D eigenvalue weighted by Gasteiger charge is -2.23. The van der Waals surface area contributed by atoms with Crippen LogP contribution >= 0.6 is 12.2 Å². The van der Waals surface area contributed by atoms with Crippen LogP contribution in [0, 0.1) is 0 Å². The normalized spacial score (nSPS) is 17.1. The summed E-state index contributed by atoms with van der Waals surface area (Å²) in [5.41, 5.74) is 2.16. The molecular weight excluding hydrogens is 268 g/mol. The molecule has 1 aliphatic heterocycles. The molecule has 1 saturated heterocycles. The van der Waals surface area contributed by atoms with Crippen LogP contribution in [0.15, 0.2) is 18.2 Å². The quantitative estimate of drug-likeness (QED) is 0.683. The second kappa shape index (κ2) is 6.74. The molecule has 20 heavy (non-hydrogen) atoms. The molecule has 0 amide bonds. The van der Waals surface area contributed by atoms with Crippen molar-refractivity contribution in [1.82, 2.24) is 10.3 Å². The van der Waals surface area contributed by atoms with Crippen LogP contribution in [0.2, 0.25) is 0 Å². The van der Waals surface area contributed by atoms with Crippen molar-refractivity contribution >= 4 is 17.1 Å². The highest BCUT2D eigenvalue weighted by Crippen LogP contribution is 2.25. The van der Waals surface area contributed by atoms with Crippen LogP contribution in [0.25, 0.3) is 0 Å². The number of thiocarbonyl (C=S) groups is 1. The third-order valence-electron chi connectivity index (χ3n) is 3.48. The molecule has 0 saturated carbocycles. The van der Waals surface area contributed by atoms with Gasteiger partial charge in [0, 0.05) is 36.9 Å². The van der Waals surface area contributed by atoms with E-state index in [4.69, 9.17) is 21.9 Å². The molecule has 1 aromatic heterocycles. The Balaban J connectivity index is 2.03. The predicted octanol–water partition coefficient (Wildman–Crippen LogP) is 3.08. The smallest absolute Gasteiger partial charge is 0.0785 e. The first kappa shape index (κ1) is 15.5. The zero-order valence-electron chi connectivity index (χ0n) is 12.6. The number of hydrogen-bond donors (Lipinski definition) is 1. The first-order valence-corrected chi connectivity index (χ1v) is 7.69. The summed E-state index contributed by atoms with van der Waals surface area (Å²) in [6.07, 6.45) is 2.12. The van der Waals surface area contributed by atoms with Gasteiger partial charge in [-0.3, -0.25) is 4.98 Å². The molecule has 0 spiro atoms. The maximum atomic E-state index is 5.50. The van der Waals surface area contributed by atoms with Gasteiger partial charge < -0.3 is 10.1 Å². The summed E-state index contributed by atoms with van der Waals surface area (Å²) in [5, 5.41) is 3.42. The van der Waals surface area contributed by atoms with Crippen molar-refractivity contribution in [3.05, 3.63) is 29.6 Å². The van der Waals surface area contributed by atoms with Crippen molar-refractivity contribution in [3.8, 4) is 0 Å². The largest absolute Gasteiger partial charge is 0.381 e. The van der Waals surface area contributed by atoms with Gasteiger partial charge >= 0.3 is 0 Å². The first-order chi connectivity index (χ1) is 9.46. The van der Waals surface area contributed by atoms with Crippen LogP contribution in [0.1, 0.15) is 50.9 Å². The topological polar surface area (TPSA) is 34.1 Å². The first-order valence-electron chi connectivity index (χ1n) is 7.28. The Bertz CT molecular complexity index is 462. The summed E-state index contributed by atoms with van der Waals surface area (Å²) >= 11 is 5.50. The van der Waals surface area contributed by atoms with Crippen LogP contribution in [0.3, 0.4) is 0 Å². The van der Waals surface area contributed by atoms with Gasteiger partial charge in [-0.1, -0.05) is 18.3 Å². The van der Waals surface area contributed by atoms with E-state index in [1.54, 1.807) is 0 Å². The maximum Gasteiger partial charge on any atom is 0.0785 e. The highest BCUT2D eigenvalue weighted by atomic mass is 32.1.